The molecule has 1 rings (SSSR count). The predicted molar refractivity (Wildman–Crippen MR) is 61.3 cm³/mol. The van der Waals surface area contributed by atoms with Crippen molar-refractivity contribution < 1.29 is 8.42 Å². The number of sulfonamides is 1. The van der Waals surface area contributed by atoms with Crippen molar-refractivity contribution in [3.8, 4) is 0 Å². The second kappa shape index (κ2) is 5.42. The van der Waals surface area contributed by atoms with E-state index >= 15 is 0 Å². The van der Waals surface area contributed by atoms with Crippen LogP contribution in [0.1, 0.15) is 31.0 Å². The highest BCUT2D eigenvalue weighted by atomic mass is 32.2. The van der Waals surface area contributed by atoms with Crippen LogP contribution in [0.15, 0.2) is 5.03 Å². The summed E-state index contributed by atoms with van der Waals surface area (Å²) < 4.78 is 26.2. The molecular weight excluding hydrogens is 228 g/mol. The Morgan fingerprint density at radius 2 is 2.19 bits per heavy atom. The molecule has 0 amide bonds. The number of aromatic amines is 1. The number of rotatable bonds is 6. The fourth-order valence-corrected chi connectivity index (χ4v) is 2.62. The smallest absolute Gasteiger partial charge is 0.260 e. The Morgan fingerprint density at radius 1 is 1.50 bits per heavy atom. The van der Waals surface area contributed by atoms with Crippen LogP contribution in [0.4, 0.5) is 0 Å². The highest BCUT2D eigenvalue weighted by Crippen LogP contribution is 2.14. The SMILES string of the molecule is CCCCNS(=O)(=O)c1n[nH]c(C)c1CN. The lowest BCUT2D eigenvalue weighted by Gasteiger charge is -2.04. The van der Waals surface area contributed by atoms with E-state index in [4.69, 9.17) is 5.73 Å². The molecule has 0 aliphatic carbocycles. The van der Waals surface area contributed by atoms with E-state index < -0.39 is 10.0 Å². The van der Waals surface area contributed by atoms with Crippen molar-refractivity contribution in [3.05, 3.63) is 11.3 Å². The minimum atomic E-state index is -3.53. The normalized spacial score (nSPS) is 11.9. The molecule has 0 aliphatic heterocycles. The van der Waals surface area contributed by atoms with Crippen molar-refractivity contribution in [3.63, 3.8) is 0 Å². The van der Waals surface area contributed by atoms with Crippen molar-refractivity contribution in [1.29, 1.82) is 0 Å². The Kier molecular flexibility index (Phi) is 4.45. The molecule has 0 bridgehead atoms. The second-order valence-electron chi connectivity index (χ2n) is 3.59. The van der Waals surface area contributed by atoms with Gasteiger partial charge in [0.1, 0.15) is 0 Å². The minimum Gasteiger partial charge on any atom is -0.326 e. The second-order valence-corrected chi connectivity index (χ2v) is 5.27. The van der Waals surface area contributed by atoms with Gasteiger partial charge in [-0.05, 0) is 13.3 Å². The van der Waals surface area contributed by atoms with Crippen LogP contribution in [0.25, 0.3) is 0 Å². The average Bonchev–Trinajstić information content (AvgIpc) is 2.60. The molecule has 92 valence electrons. The summed E-state index contributed by atoms with van der Waals surface area (Å²) in [4.78, 5) is 0. The number of nitrogens with zero attached hydrogens (tertiary/aromatic N) is 1. The monoisotopic (exact) mass is 246 g/mol. The third-order valence-corrected chi connectivity index (χ3v) is 3.75. The fraction of sp³-hybridized carbons (Fsp3) is 0.667. The van der Waals surface area contributed by atoms with Crippen molar-refractivity contribution >= 4 is 10.0 Å². The molecule has 0 radical (unpaired) electrons. The van der Waals surface area contributed by atoms with Gasteiger partial charge in [0.15, 0.2) is 5.03 Å². The summed E-state index contributed by atoms with van der Waals surface area (Å²) in [7, 11) is -3.53. The van der Waals surface area contributed by atoms with Crippen LogP contribution < -0.4 is 10.5 Å². The van der Waals surface area contributed by atoms with Gasteiger partial charge in [-0.1, -0.05) is 13.3 Å². The Bertz CT molecular complexity index is 438. The molecule has 0 unspecified atom stereocenters. The number of H-pyrrole nitrogens is 1. The molecule has 0 aromatic carbocycles. The summed E-state index contributed by atoms with van der Waals surface area (Å²) in [6.45, 7) is 4.33. The van der Waals surface area contributed by atoms with E-state index in [2.05, 4.69) is 14.9 Å². The van der Waals surface area contributed by atoms with E-state index in [0.29, 0.717) is 17.8 Å². The summed E-state index contributed by atoms with van der Waals surface area (Å²) in [5.74, 6) is 0. The number of hydrogen-bond donors (Lipinski definition) is 3. The lowest BCUT2D eigenvalue weighted by atomic mass is 10.3. The van der Waals surface area contributed by atoms with Gasteiger partial charge in [0.05, 0.1) is 0 Å². The van der Waals surface area contributed by atoms with Crippen LogP contribution in [-0.2, 0) is 16.6 Å². The van der Waals surface area contributed by atoms with Gasteiger partial charge in [0.2, 0.25) is 0 Å². The third kappa shape index (κ3) is 2.81. The van der Waals surface area contributed by atoms with Crippen molar-refractivity contribution in [1.82, 2.24) is 14.9 Å². The molecule has 1 aromatic rings. The van der Waals surface area contributed by atoms with Crippen molar-refractivity contribution in [2.75, 3.05) is 6.54 Å². The van der Waals surface area contributed by atoms with Gasteiger partial charge in [-0.15, -0.1) is 0 Å². The molecule has 1 aromatic heterocycles. The number of nitrogens with two attached hydrogens (primary N) is 1. The number of aryl methyl sites for hydroxylation is 1. The Hall–Kier alpha value is -0.920. The van der Waals surface area contributed by atoms with Gasteiger partial charge in [0, 0.05) is 24.3 Å². The van der Waals surface area contributed by atoms with Crippen LogP contribution in [-0.4, -0.2) is 25.2 Å². The van der Waals surface area contributed by atoms with Gasteiger partial charge in [-0.3, -0.25) is 5.10 Å². The first kappa shape index (κ1) is 13.1. The number of aromatic nitrogens is 2. The maximum atomic E-state index is 11.9. The molecule has 7 heteroatoms. The Morgan fingerprint density at radius 3 is 2.75 bits per heavy atom. The molecule has 16 heavy (non-hydrogen) atoms. The topological polar surface area (TPSA) is 101 Å². The van der Waals surface area contributed by atoms with Crippen molar-refractivity contribution in [2.45, 2.75) is 38.3 Å². The summed E-state index contributed by atoms with van der Waals surface area (Å²) in [6, 6.07) is 0. The summed E-state index contributed by atoms with van der Waals surface area (Å²) in [6.07, 6.45) is 1.74. The van der Waals surface area contributed by atoms with Crippen LogP contribution in [0.5, 0.6) is 0 Å². The Labute approximate surface area is 95.7 Å². The van der Waals surface area contributed by atoms with E-state index in [9.17, 15) is 8.42 Å². The molecular formula is C9H18N4O2S. The first-order valence-corrected chi connectivity index (χ1v) is 6.74. The van der Waals surface area contributed by atoms with E-state index in [1.165, 1.54) is 0 Å². The zero-order valence-corrected chi connectivity index (χ0v) is 10.4. The molecule has 0 spiro atoms. The minimum absolute atomic E-state index is 0.0172. The maximum absolute atomic E-state index is 11.9. The largest absolute Gasteiger partial charge is 0.326 e. The highest BCUT2D eigenvalue weighted by molar-refractivity contribution is 7.89. The third-order valence-electron chi connectivity index (χ3n) is 2.32. The zero-order chi connectivity index (χ0) is 12.2. The molecule has 0 saturated heterocycles. The lowest BCUT2D eigenvalue weighted by Crippen LogP contribution is -2.26. The summed E-state index contributed by atoms with van der Waals surface area (Å²) in [5, 5.41) is 6.43. The first-order chi connectivity index (χ1) is 7.53. The molecule has 6 nitrogen and oxygen atoms in total. The van der Waals surface area contributed by atoms with Crippen LogP contribution in [0, 0.1) is 6.92 Å². The summed E-state index contributed by atoms with van der Waals surface area (Å²) in [5.41, 5.74) is 6.73. The zero-order valence-electron chi connectivity index (χ0n) is 9.58. The molecule has 1 heterocycles. The predicted octanol–water partition coefficient (Wildman–Crippen LogP) is 0.255. The van der Waals surface area contributed by atoms with Gasteiger partial charge in [-0.25, -0.2) is 13.1 Å². The van der Waals surface area contributed by atoms with Gasteiger partial charge in [0.25, 0.3) is 10.0 Å². The molecule has 0 saturated carbocycles. The van der Waals surface area contributed by atoms with Gasteiger partial charge >= 0.3 is 0 Å². The fourth-order valence-electron chi connectivity index (χ4n) is 1.34. The van der Waals surface area contributed by atoms with E-state index in [1.54, 1.807) is 6.92 Å². The standard InChI is InChI=1S/C9H18N4O2S/c1-3-4-5-11-16(14,15)9-8(6-10)7(2)12-13-9/h11H,3-6,10H2,1-2H3,(H,12,13). The maximum Gasteiger partial charge on any atom is 0.260 e. The first-order valence-electron chi connectivity index (χ1n) is 5.26. The molecule has 4 N–H and O–H groups in total. The average molecular weight is 246 g/mol. The quantitative estimate of drug-likeness (QED) is 0.626. The molecule has 0 aliphatic rings. The molecule has 0 fully saturated rings. The van der Waals surface area contributed by atoms with Crippen molar-refractivity contribution in [2.24, 2.45) is 5.73 Å². The van der Waals surface area contributed by atoms with E-state index in [1.807, 2.05) is 6.92 Å². The number of hydrogen-bond acceptors (Lipinski definition) is 4. The van der Waals surface area contributed by atoms with E-state index in [-0.39, 0.29) is 11.6 Å². The van der Waals surface area contributed by atoms with Gasteiger partial charge < -0.3 is 5.73 Å². The number of unbranched alkanes of at least 4 members (excludes halogenated alkanes) is 1. The lowest BCUT2D eigenvalue weighted by molar-refractivity contribution is 0.572. The highest BCUT2D eigenvalue weighted by Gasteiger charge is 2.22. The van der Waals surface area contributed by atoms with Crippen LogP contribution >= 0.6 is 0 Å². The van der Waals surface area contributed by atoms with E-state index in [0.717, 1.165) is 12.8 Å². The number of nitrogens with one attached hydrogen (secondary N) is 2. The van der Waals surface area contributed by atoms with Crippen LogP contribution in [0.2, 0.25) is 0 Å². The Balaban J connectivity index is 2.89. The molecule has 0 atom stereocenters. The van der Waals surface area contributed by atoms with Gasteiger partial charge in [-0.2, -0.15) is 5.10 Å². The van der Waals surface area contributed by atoms with Crippen LogP contribution in [0.3, 0.4) is 0 Å². The summed E-state index contributed by atoms with van der Waals surface area (Å²) >= 11 is 0.